The van der Waals surface area contributed by atoms with Crippen LogP contribution in [0.2, 0.25) is 0 Å². The van der Waals surface area contributed by atoms with Crippen LogP contribution in [0.15, 0.2) is 54.6 Å². The predicted octanol–water partition coefficient (Wildman–Crippen LogP) is 4.34. The van der Waals surface area contributed by atoms with Crippen molar-refractivity contribution >= 4 is 22.5 Å². The van der Waals surface area contributed by atoms with E-state index in [2.05, 4.69) is 61.2 Å². The van der Waals surface area contributed by atoms with E-state index in [0.29, 0.717) is 0 Å². The third-order valence-electron chi connectivity index (χ3n) is 6.41. The molecule has 3 heterocycles. The number of anilines is 1. The zero-order valence-corrected chi connectivity index (χ0v) is 18.2. The lowest BCUT2D eigenvalue weighted by Crippen LogP contribution is -2.35. The molecule has 160 valence electrons. The summed E-state index contributed by atoms with van der Waals surface area (Å²) in [5, 5.41) is 12.1. The van der Waals surface area contributed by atoms with E-state index in [1.165, 1.54) is 37.9 Å². The van der Waals surface area contributed by atoms with Gasteiger partial charge in [-0.05, 0) is 75.9 Å². The van der Waals surface area contributed by atoms with E-state index < -0.39 is 0 Å². The van der Waals surface area contributed by atoms with Crippen LogP contribution in [-0.4, -0.2) is 50.7 Å². The minimum absolute atomic E-state index is 0.804. The topological polar surface area (TPSA) is 58.4 Å². The van der Waals surface area contributed by atoms with E-state index in [4.69, 9.17) is 4.98 Å². The van der Waals surface area contributed by atoms with Crippen molar-refractivity contribution in [3.05, 3.63) is 66.0 Å². The number of fused-ring (bicyclic) bond motifs is 3. The van der Waals surface area contributed by atoms with Crippen molar-refractivity contribution < 1.29 is 0 Å². The summed E-state index contributed by atoms with van der Waals surface area (Å²) in [4.78, 5) is 7.41. The van der Waals surface area contributed by atoms with Gasteiger partial charge in [0.15, 0.2) is 5.82 Å². The molecule has 2 aromatic carbocycles. The molecule has 1 saturated heterocycles. The molecular formula is C25H30N6. The lowest BCUT2D eigenvalue weighted by atomic mass is 9.90. The molecule has 6 heteroatoms. The molecule has 1 N–H and O–H groups in total. The smallest absolute Gasteiger partial charge is 0.204 e. The summed E-state index contributed by atoms with van der Waals surface area (Å²) < 4.78 is 2.09. The molecule has 31 heavy (non-hydrogen) atoms. The molecule has 0 spiro atoms. The number of para-hydroxylation sites is 2. The molecule has 0 atom stereocenters. The molecule has 0 saturated carbocycles. The Hall–Kier alpha value is -2.99. The monoisotopic (exact) mass is 414 g/mol. The van der Waals surface area contributed by atoms with Crippen molar-refractivity contribution in [2.75, 3.05) is 31.5 Å². The molecule has 0 amide bonds. The average Bonchev–Trinajstić information content (AvgIpc) is 3.20. The van der Waals surface area contributed by atoms with Gasteiger partial charge in [0.1, 0.15) is 5.82 Å². The SMILES string of the molecule is Cc1nnc2c(NCCCN3CCC(Cc4ccccc4)CC3)nc3ccccc3n12. The number of hydrogen-bond donors (Lipinski definition) is 1. The molecular weight excluding hydrogens is 384 g/mol. The van der Waals surface area contributed by atoms with Gasteiger partial charge in [0.25, 0.3) is 0 Å². The summed E-state index contributed by atoms with van der Waals surface area (Å²) in [6, 6.07) is 19.1. The highest BCUT2D eigenvalue weighted by atomic mass is 15.3. The zero-order valence-electron chi connectivity index (χ0n) is 18.2. The minimum atomic E-state index is 0.804. The maximum atomic E-state index is 4.80. The largest absolute Gasteiger partial charge is 0.367 e. The third-order valence-corrected chi connectivity index (χ3v) is 6.41. The third kappa shape index (κ3) is 4.39. The molecule has 1 fully saturated rings. The molecule has 4 aromatic rings. The molecule has 0 radical (unpaired) electrons. The summed E-state index contributed by atoms with van der Waals surface area (Å²) >= 11 is 0. The second-order valence-electron chi connectivity index (χ2n) is 8.61. The van der Waals surface area contributed by atoms with Gasteiger partial charge < -0.3 is 10.2 Å². The van der Waals surface area contributed by atoms with Crippen LogP contribution in [0.3, 0.4) is 0 Å². The fourth-order valence-corrected chi connectivity index (χ4v) is 4.71. The van der Waals surface area contributed by atoms with Crippen LogP contribution in [0, 0.1) is 12.8 Å². The highest BCUT2D eigenvalue weighted by Crippen LogP contribution is 2.23. The van der Waals surface area contributed by atoms with E-state index in [1.54, 1.807) is 0 Å². The summed E-state index contributed by atoms with van der Waals surface area (Å²) in [6.45, 7) is 6.41. The first-order chi connectivity index (χ1) is 15.3. The number of likely N-dealkylation sites (tertiary alicyclic amines) is 1. The van der Waals surface area contributed by atoms with Gasteiger partial charge in [-0.1, -0.05) is 42.5 Å². The average molecular weight is 415 g/mol. The summed E-state index contributed by atoms with van der Waals surface area (Å²) in [7, 11) is 0. The van der Waals surface area contributed by atoms with Gasteiger partial charge in [-0.15, -0.1) is 10.2 Å². The highest BCUT2D eigenvalue weighted by Gasteiger charge is 2.19. The number of nitrogens with zero attached hydrogens (tertiary/aromatic N) is 5. The Balaban J connectivity index is 1.13. The van der Waals surface area contributed by atoms with Gasteiger partial charge in [0.2, 0.25) is 5.65 Å². The first-order valence-corrected chi connectivity index (χ1v) is 11.4. The number of piperidine rings is 1. The van der Waals surface area contributed by atoms with Gasteiger partial charge in [0, 0.05) is 6.54 Å². The van der Waals surface area contributed by atoms with Gasteiger partial charge in [-0.3, -0.25) is 4.40 Å². The van der Waals surface area contributed by atoms with E-state index in [9.17, 15) is 0 Å². The molecule has 0 aliphatic carbocycles. The number of rotatable bonds is 7. The maximum Gasteiger partial charge on any atom is 0.204 e. The maximum absolute atomic E-state index is 4.80. The molecule has 0 unspecified atom stereocenters. The fraction of sp³-hybridized carbons (Fsp3) is 0.400. The fourth-order valence-electron chi connectivity index (χ4n) is 4.71. The number of benzene rings is 2. The van der Waals surface area contributed by atoms with E-state index >= 15 is 0 Å². The summed E-state index contributed by atoms with van der Waals surface area (Å²) in [5.41, 5.74) is 4.28. The Morgan fingerprint density at radius 3 is 2.58 bits per heavy atom. The second-order valence-corrected chi connectivity index (χ2v) is 8.61. The number of nitrogens with one attached hydrogen (secondary N) is 1. The molecule has 6 nitrogen and oxygen atoms in total. The number of aryl methyl sites for hydroxylation is 1. The minimum Gasteiger partial charge on any atom is -0.367 e. The Labute approximate surface area is 183 Å². The van der Waals surface area contributed by atoms with Crippen LogP contribution in [-0.2, 0) is 6.42 Å². The molecule has 0 bridgehead atoms. The lowest BCUT2D eigenvalue weighted by Gasteiger charge is -2.32. The molecule has 5 rings (SSSR count). The van der Waals surface area contributed by atoms with Crippen LogP contribution in [0.4, 0.5) is 5.82 Å². The van der Waals surface area contributed by atoms with E-state index in [0.717, 1.165) is 53.8 Å². The highest BCUT2D eigenvalue weighted by molar-refractivity contribution is 5.82. The molecule has 1 aliphatic rings. The number of hydrogen-bond acceptors (Lipinski definition) is 5. The summed E-state index contributed by atoms with van der Waals surface area (Å²) in [6.07, 6.45) is 4.91. The van der Waals surface area contributed by atoms with Gasteiger partial charge in [0.05, 0.1) is 11.0 Å². The van der Waals surface area contributed by atoms with Crippen LogP contribution < -0.4 is 5.32 Å². The Morgan fingerprint density at radius 1 is 0.968 bits per heavy atom. The van der Waals surface area contributed by atoms with Crippen LogP contribution in [0.1, 0.15) is 30.7 Å². The van der Waals surface area contributed by atoms with Crippen LogP contribution in [0.25, 0.3) is 16.7 Å². The Kier molecular flexibility index (Phi) is 5.80. The van der Waals surface area contributed by atoms with Gasteiger partial charge >= 0.3 is 0 Å². The van der Waals surface area contributed by atoms with Crippen LogP contribution >= 0.6 is 0 Å². The Morgan fingerprint density at radius 2 is 1.74 bits per heavy atom. The zero-order chi connectivity index (χ0) is 21.0. The van der Waals surface area contributed by atoms with Gasteiger partial charge in [-0.25, -0.2) is 4.98 Å². The van der Waals surface area contributed by atoms with Crippen molar-refractivity contribution in [1.29, 1.82) is 0 Å². The van der Waals surface area contributed by atoms with Crippen molar-refractivity contribution in [3.63, 3.8) is 0 Å². The second kappa shape index (κ2) is 9.02. The molecule has 2 aromatic heterocycles. The van der Waals surface area contributed by atoms with Crippen LogP contribution in [0.5, 0.6) is 0 Å². The van der Waals surface area contributed by atoms with Crippen molar-refractivity contribution in [2.45, 2.75) is 32.6 Å². The van der Waals surface area contributed by atoms with Gasteiger partial charge in [-0.2, -0.15) is 0 Å². The lowest BCUT2D eigenvalue weighted by molar-refractivity contribution is 0.183. The van der Waals surface area contributed by atoms with Crippen molar-refractivity contribution in [1.82, 2.24) is 24.5 Å². The normalized spacial score (nSPS) is 15.6. The first-order valence-electron chi connectivity index (χ1n) is 11.4. The standard InChI is InChI=1S/C25H30N6/c1-19-28-29-25-24(27-22-10-5-6-11-23(22)31(19)25)26-14-7-15-30-16-12-21(13-17-30)18-20-8-3-2-4-9-20/h2-6,8-11,21H,7,12-18H2,1H3,(H,26,27). The predicted molar refractivity (Wildman–Crippen MR) is 125 cm³/mol. The van der Waals surface area contributed by atoms with Crippen molar-refractivity contribution in [3.8, 4) is 0 Å². The van der Waals surface area contributed by atoms with Crippen molar-refractivity contribution in [2.24, 2.45) is 5.92 Å². The number of aromatic nitrogens is 4. The molecule has 1 aliphatic heterocycles. The Bertz CT molecular complexity index is 1140. The van der Waals surface area contributed by atoms with E-state index in [-0.39, 0.29) is 0 Å². The first kappa shape index (κ1) is 19.9. The van der Waals surface area contributed by atoms with E-state index in [1.807, 2.05) is 25.1 Å². The summed E-state index contributed by atoms with van der Waals surface area (Å²) in [5.74, 6) is 2.53. The quantitative estimate of drug-likeness (QED) is 0.456.